The minimum Gasteiger partial charge on any atom is -0.383 e. The molecule has 3 N–H and O–H groups in total. The Labute approximate surface area is 104 Å². The van der Waals surface area contributed by atoms with Gasteiger partial charge in [-0.3, -0.25) is 5.43 Å². The van der Waals surface area contributed by atoms with E-state index in [0.717, 1.165) is 19.0 Å². The molecule has 0 aromatic heterocycles. The van der Waals surface area contributed by atoms with Crippen molar-refractivity contribution in [1.82, 2.24) is 10.3 Å². The molecule has 1 heterocycles. The number of hydrazine groups is 1. The molecule has 0 aromatic carbocycles. The summed E-state index contributed by atoms with van der Waals surface area (Å²) in [5.41, 5.74) is 3.04. The van der Waals surface area contributed by atoms with E-state index in [9.17, 15) is 0 Å². The number of nitrogens with one attached hydrogen (secondary N) is 1. The number of hydrogen-bond donors (Lipinski definition) is 2. The third-order valence-electron chi connectivity index (χ3n) is 3.40. The molecule has 1 unspecified atom stereocenters. The highest BCUT2D eigenvalue weighted by Crippen LogP contribution is 2.33. The second-order valence-electron chi connectivity index (χ2n) is 5.64. The second kappa shape index (κ2) is 6.21. The molecule has 100 valence electrons. The van der Waals surface area contributed by atoms with Gasteiger partial charge in [-0.25, -0.2) is 10.8 Å². The zero-order valence-electron chi connectivity index (χ0n) is 11.5. The first-order valence-electron chi connectivity index (χ1n) is 6.24. The lowest BCUT2D eigenvalue weighted by Crippen LogP contribution is -2.44. The Morgan fingerprint density at radius 1 is 1.53 bits per heavy atom. The van der Waals surface area contributed by atoms with Gasteiger partial charge in [0, 0.05) is 20.2 Å². The smallest absolute Gasteiger partial charge is 0.208 e. The number of hydrogen-bond acceptors (Lipinski definition) is 3. The lowest BCUT2D eigenvalue weighted by molar-refractivity contribution is 0.207. The molecule has 5 heteroatoms. The van der Waals surface area contributed by atoms with Crippen molar-refractivity contribution in [2.75, 3.05) is 33.4 Å². The van der Waals surface area contributed by atoms with Gasteiger partial charge in [-0.15, -0.1) is 0 Å². The Morgan fingerprint density at radius 2 is 2.24 bits per heavy atom. The van der Waals surface area contributed by atoms with Crippen LogP contribution in [0.2, 0.25) is 0 Å². The molecule has 5 nitrogen and oxygen atoms in total. The quantitative estimate of drug-likeness (QED) is 0.253. The summed E-state index contributed by atoms with van der Waals surface area (Å²) in [6, 6.07) is 0. The summed E-state index contributed by atoms with van der Waals surface area (Å²) in [5.74, 6) is 7.01. The SMILES string of the molecule is COCCN=C(NN)N1CCC(C(C)(C)C)C1. The van der Waals surface area contributed by atoms with E-state index in [1.165, 1.54) is 6.42 Å². The molecule has 1 saturated heterocycles. The van der Waals surface area contributed by atoms with Crippen molar-refractivity contribution < 1.29 is 4.74 Å². The molecule has 1 aliphatic heterocycles. The monoisotopic (exact) mass is 242 g/mol. The van der Waals surface area contributed by atoms with Crippen LogP contribution in [0.1, 0.15) is 27.2 Å². The molecule has 0 bridgehead atoms. The van der Waals surface area contributed by atoms with Crippen LogP contribution >= 0.6 is 0 Å². The molecule has 0 saturated carbocycles. The van der Waals surface area contributed by atoms with E-state index in [1.54, 1.807) is 7.11 Å². The summed E-state index contributed by atoms with van der Waals surface area (Å²) in [5, 5.41) is 0. The minimum absolute atomic E-state index is 0.348. The van der Waals surface area contributed by atoms with Crippen LogP contribution in [0.4, 0.5) is 0 Å². The third-order valence-corrected chi connectivity index (χ3v) is 3.40. The predicted octanol–water partition coefficient (Wildman–Crippen LogP) is 0.820. The van der Waals surface area contributed by atoms with Crippen molar-refractivity contribution in [2.24, 2.45) is 22.2 Å². The number of nitrogens with two attached hydrogens (primary N) is 1. The average molecular weight is 242 g/mol. The molecule has 0 amide bonds. The Hall–Kier alpha value is -0.810. The van der Waals surface area contributed by atoms with Crippen molar-refractivity contribution in [1.29, 1.82) is 0 Å². The Bertz CT molecular complexity index is 260. The zero-order chi connectivity index (χ0) is 12.9. The molecule has 1 atom stereocenters. The lowest BCUT2D eigenvalue weighted by Gasteiger charge is -2.27. The van der Waals surface area contributed by atoms with Crippen LogP contribution in [-0.2, 0) is 4.74 Å². The number of aliphatic imine (C=N–C) groups is 1. The van der Waals surface area contributed by atoms with E-state index >= 15 is 0 Å². The van der Waals surface area contributed by atoms with Crippen LogP contribution in [0.5, 0.6) is 0 Å². The van der Waals surface area contributed by atoms with Gasteiger partial charge in [0.2, 0.25) is 5.96 Å². The van der Waals surface area contributed by atoms with Crippen LogP contribution in [0.3, 0.4) is 0 Å². The molecular formula is C12H26N4O. The molecule has 0 aromatic rings. The number of guanidine groups is 1. The summed E-state index contributed by atoms with van der Waals surface area (Å²) in [4.78, 5) is 6.64. The highest BCUT2D eigenvalue weighted by molar-refractivity contribution is 5.79. The zero-order valence-corrected chi connectivity index (χ0v) is 11.5. The van der Waals surface area contributed by atoms with E-state index < -0.39 is 0 Å². The van der Waals surface area contributed by atoms with Gasteiger partial charge < -0.3 is 9.64 Å². The largest absolute Gasteiger partial charge is 0.383 e. The van der Waals surface area contributed by atoms with E-state index in [-0.39, 0.29) is 0 Å². The summed E-state index contributed by atoms with van der Waals surface area (Å²) >= 11 is 0. The van der Waals surface area contributed by atoms with Gasteiger partial charge in [0.15, 0.2) is 0 Å². The number of nitrogens with zero attached hydrogens (tertiary/aromatic N) is 2. The molecule has 0 spiro atoms. The van der Waals surface area contributed by atoms with Gasteiger partial charge >= 0.3 is 0 Å². The van der Waals surface area contributed by atoms with Gasteiger partial charge in [-0.05, 0) is 17.8 Å². The molecule has 1 rings (SSSR count). The number of likely N-dealkylation sites (tertiary alicyclic amines) is 1. The number of methoxy groups -OCH3 is 1. The lowest BCUT2D eigenvalue weighted by atomic mass is 9.80. The number of rotatable bonds is 3. The predicted molar refractivity (Wildman–Crippen MR) is 70.6 cm³/mol. The van der Waals surface area contributed by atoms with Gasteiger partial charge in [0.05, 0.1) is 13.2 Å². The van der Waals surface area contributed by atoms with Crippen molar-refractivity contribution >= 4 is 5.96 Å². The molecule has 0 radical (unpaired) electrons. The van der Waals surface area contributed by atoms with Gasteiger partial charge in [-0.2, -0.15) is 0 Å². The van der Waals surface area contributed by atoms with E-state index in [0.29, 0.717) is 24.5 Å². The minimum atomic E-state index is 0.348. The highest BCUT2D eigenvalue weighted by Gasteiger charge is 2.32. The normalized spacial score (nSPS) is 22.1. The first-order valence-corrected chi connectivity index (χ1v) is 6.24. The summed E-state index contributed by atoms with van der Waals surface area (Å²) in [6.45, 7) is 10.2. The Balaban J connectivity index is 2.53. The van der Waals surface area contributed by atoms with Crippen LogP contribution < -0.4 is 11.3 Å². The Kier molecular flexibility index (Phi) is 5.21. The first-order chi connectivity index (χ1) is 7.99. The molecule has 0 aliphatic carbocycles. The maximum Gasteiger partial charge on any atom is 0.208 e. The fraction of sp³-hybridized carbons (Fsp3) is 0.917. The topological polar surface area (TPSA) is 62.9 Å². The van der Waals surface area contributed by atoms with Gasteiger partial charge in [0.1, 0.15) is 0 Å². The maximum absolute atomic E-state index is 5.53. The van der Waals surface area contributed by atoms with Crippen molar-refractivity contribution in [3.8, 4) is 0 Å². The standard InChI is InChI=1S/C12H26N4O/c1-12(2,3)10-5-7-16(9-10)11(15-13)14-6-8-17-4/h10H,5-9,13H2,1-4H3,(H,14,15). The van der Waals surface area contributed by atoms with Crippen LogP contribution in [-0.4, -0.2) is 44.2 Å². The molecule has 17 heavy (non-hydrogen) atoms. The molecule has 1 fully saturated rings. The van der Waals surface area contributed by atoms with Gasteiger partial charge in [0.25, 0.3) is 0 Å². The third kappa shape index (κ3) is 4.16. The van der Waals surface area contributed by atoms with Crippen LogP contribution in [0, 0.1) is 11.3 Å². The average Bonchev–Trinajstić information content (AvgIpc) is 2.73. The summed E-state index contributed by atoms with van der Waals surface area (Å²) in [7, 11) is 1.68. The van der Waals surface area contributed by atoms with Crippen molar-refractivity contribution in [2.45, 2.75) is 27.2 Å². The van der Waals surface area contributed by atoms with E-state index in [1.807, 2.05) is 0 Å². The van der Waals surface area contributed by atoms with E-state index in [4.69, 9.17) is 10.6 Å². The number of ether oxygens (including phenoxy) is 1. The maximum atomic E-state index is 5.53. The second-order valence-corrected chi connectivity index (χ2v) is 5.64. The molecular weight excluding hydrogens is 216 g/mol. The fourth-order valence-corrected chi connectivity index (χ4v) is 2.14. The van der Waals surface area contributed by atoms with E-state index in [2.05, 4.69) is 36.1 Å². The first kappa shape index (κ1) is 14.3. The highest BCUT2D eigenvalue weighted by atomic mass is 16.5. The Morgan fingerprint density at radius 3 is 2.71 bits per heavy atom. The van der Waals surface area contributed by atoms with Crippen molar-refractivity contribution in [3.63, 3.8) is 0 Å². The van der Waals surface area contributed by atoms with Crippen LogP contribution in [0.15, 0.2) is 4.99 Å². The van der Waals surface area contributed by atoms with Crippen molar-refractivity contribution in [3.05, 3.63) is 0 Å². The van der Waals surface area contributed by atoms with Gasteiger partial charge in [-0.1, -0.05) is 20.8 Å². The summed E-state index contributed by atoms with van der Waals surface area (Å²) < 4.78 is 4.98. The van der Waals surface area contributed by atoms with Crippen LogP contribution in [0.25, 0.3) is 0 Å². The summed E-state index contributed by atoms with van der Waals surface area (Å²) in [6.07, 6.45) is 1.20. The molecule has 1 aliphatic rings. The fourth-order valence-electron chi connectivity index (χ4n) is 2.14.